The molecule has 2 aromatic carbocycles. The molecule has 0 radical (unpaired) electrons. The molecule has 12 nitrogen and oxygen atoms in total. The highest BCUT2D eigenvalue weighted by Crippen LogP contribution is 2.35. The lowest BCUT2D eigenvalue weighted by Gasteiger charge is -2.44. The minimum atomic E-state index is -1.41. The number of nitrogens with two attached hydrogens (primary N) is 1. The van der Waals surface area contributed by atoms with Gasteiger partial charge >= 0.3 is 23.9 Å². The molecule has 3 unspecified atom stereocenters. The highest BCUT2D eigenvalue weighted by molar-refractivity contribution is 6.32. The van der Waals surface area contributed by atoms with E-state index in [4.69, 9.17) is 45.8 Å². The molecule has 5 atom stereocenters. The standard InChI is InChI=1S/C28H29ClN2O10/c1-14(32)36-13-24-25(37-15(2)33)26(38-16(3)34)27(39-17(4)35)28(41-24)40-23-8-6-20(12-21(23)29)31-10-9-18-11-19(30)5-7-22(18)31/h5-12,24-28H,13,30H2,1-4H3/t24?,25-,26?,27?,28+/m1/s1. The van der Waals surface area contributed by atoms with E-state index >= 15 is 0 Å². The second kappa shape index (κ2) is 12.5. The van der Waals surface area contributed by atoms with Crippen LogP contribution in [0.4, 0.5) is 5.69 Å². The van der Waals surface area contributed by atoms with E-state index in [2.05, 4.69) is 0 Å². The molecule has 2 N–H and O–H groups in total. The van der Waals surface area contributed by atoms with Gasteiger partial charge in [-0.15, -0.1) is 0 Å². The lowest BCUT2D eigenvalue weighted by Crippen LogP contribution is -2.63. The zero-order valence-electron chi connectivity index (χ0n) is 22.7. The van der Waals surface area contributed by atoms with Crippen molar-refractivity contribution in [1.29, 1.82) is 0 Å². The van der Waals surface area contributed by atoms with E-state index in [0.29, 0.717) is 5.69 Å². The highest BCUT2D eigenvalue weighted by Gasteiger charge is 2.53. The van der Waals surface area contributed by atoms with E-state index in [9.17, 15) is 19.2 Å². The van der Waals surface area contributed by atoms with Gasteiger partial charge in [0.25, 0.3) is 0 Å². The van der Waals surface area contributed by atoms with Crippen molar-refractivity contribution in [2.75, 3.05) is 12.3 Å². The molecule has 13 heteroatoms. The van der Waals surface area contributed by atoms with Gasteiger partial charge < -0.3 is 38.7 Å². The van der Waals surface area contributed by atoms with E-state index in [1.807, 2.05) is 29.0 Å². The summed E-state index contributed by atoms with van der Waals surface area (Å²) in [4.78, 5) is 47.5. The molecule has 1 aliphatic rings. The van der Waals surface area contributed by atoms with E-state index in [1.165, 1.54) is 6.92 Å². The summed E-state index contributed by atoms with van der Waals surface area (Å²) in [5.41, 5.74) is 8.16. The van der Waals surface area contributed by atoms with Crippen molar-refractivity contribution in [2.24, 2.45) is 0 Å². The van der Waals surface area contributed by atoms with Gasteiger partial charge in [-0.25, -0.2) is 0 Å². The van der Waals surface area contributed by atoms with Gasteiger partial charge in [0.2, 0.25) is 12.4 Å². The molecule has 0 bridgehead atoms. The average molecular weight is 589 g/mol. The first-order valence-corrected chi connectivity index (χ1v) is 12.9. The Balaban J connectivity index is 1.68. The lowest BCUT2D eigenvalue weighted by molar-refractivity contribution is -0.288. The van der Waals surface area contributed by atoms with Crippen LogP contribution in [0.15, 0.2) is 48.7 Å². The molecule has 1 fully saturated rings. The number of nitrogens with zero attached hydrogens (tertiary/aromatic N) is 1. The van der Waals surface area contributed by atoms with Crippen molar-refractivity contribution < 1.29 is 47.6 Å². The van der Waals surface area contributed by atoms with Crippen LogP contribution in [-0.4, -0.2) is 65.8 Å². The summed E-state index contributed by atoms with van der Waals surface area (Å²) in [6, 6.07) is 12.5. The maximum atomic E-state index is 12.1. The number of ether oxygens (including phenoxy) is 6. The molecule has 1 saturated heterocycles. The SMILES string of the molecule is CC(=O)OCC1O[C@H](Oc2ccc(-n3ccc4cc(N)ccc43)cc2Cl)C(OC(C)=O)C(OC(C)=O)[C@@H]1OC(C)=O. The Morgan fingerprint density at radius 3 is 2.15 bits per heavy atom. The minimum absolute atomic E-state index is 0.150. The normalized spacial score (nSPS) is 22.0. The van der Waals surface area contributed by atoms with E-state index in [0.717, 1.165) is 37.4 Å². The van der Waals surface area contributed by atoms with Crippen molar-refractivity contribution in [3.63, 3.8) is 0 Å². The molecule has 1 aliphatic heterocycles. The molecule has 4 rings (SSSR count). The number of anilines is 1. The van der Waals surface area contributed by atoms with Crippen LogP contribution >= 0.6 is 11.6 Å². The predicted molar refractivity (Wildman–Crippen MR) is 145 cm³/mol. The first kappa shape index (κ1) is 29.7. The van der Waals surface area contributed by atoms with Crippen LogP contribution < -0.4 is 10.5 Å². The number of carbonyl (C=O) groups excluding carboxylic acids is 4. The molecular weight excluding hydrogens is 560 g/mol. The summed E-state index contributed by atoms with van der Waals surface area (Å²) in [6.45, 7) is 4.23. The van der Waals surface area contributed by atoms with E-state index < -0.39 is 54.6 Å². The van der Waals surface area contributed by atoms with Gasteiger partial charge in [0.05, 0.1) is 10.5 Å². The van der Waals surface area contributed by atoms with Gasteiger partial charge in [-0.05, 0) is 42.5 Å². The molecule has 0 saturated carbocycles. The van der Waals surface area contributed by atoms with Crippen LogP contribution in [0.5, 0.6) is 5.75 Å². The third-order valence-corrected chi connectivity index (χ3v) is 6.39. The summed E-state index contributed by atoms with van der Waals surface area (Å²) in [6.07, 6.45) is -4.74. The molecular formula is C28H29ClN2O10. The fourth-order valence-electron chi connectivity index (χ4n) is 4.53. The average Bonchev–Trinajstić information content (AvgIpc) is 3.29. The van der Waals surface area contributed by atoms with E-state index in [1.54, 1.807) is 24.3 Å². The summed E-state index contributed by atoms with van der Waals surface area (Å²) < 4.78 is 35.3. The van der Waals surface area contributed by atoms with Gasteiger partial charge in [-0.3, -0.25) is 19.2 Å². The van der Waals surface area contributed by atoms with Crippen LogP contribution in [0.2, 0.25) is 5.02 Å². The number of hydrogen-bond donors (Lipinski definition) is 1. The van der Waals surface area contributed by atoms with Gasteiger partial charge in [-0.1, -0.05) is 11.6 Å². The van der Waals surface area contributed by atoms with Gasteiger partial charge in [0, 0.05) is 50.7 Å². The summed E-state index contributed by atoms with van der Waals surface area (Å²) in [5.74, 6) is -2.71. The Labute approximate surface area is 240 Å². The fraction of sp³-hybridized carbons (Fsp3) is 0.357. The number of esters is 4. The maximum absolute atomic E-state index is 12.1. The number of nitrogen functional groups attached to an aromatic ring is 1. The Morgan fingerprint density at radius 2 is 1.51 bits per heavy atom. The third kappa shape index (κ3) is 7.08. The Bertz CT molecular complexity index is 1470. The number of fused-ring (bicyclic) bond motifs is 1. The predicted octanol–water partition coefficient (Wildman–Crippen LogP) is 3.33. The second-order valence-electron chi connectivity index (χ2n) is 9.30. The molecule has 3 aromatic rings. The first-order chi connectivity index (χ1) is 19.4. The zero-order valence-corrected chi connectivity index (χ0v) is 23.5. The molecule has 218 valence electrons. The first-order valence-electron chi connectivity index (χ1n) is 12.6. The summed E-state index contributed by atoms with van der Waals surface area (Å²) in [7, 11) is 0. The molecule has 0 amide bonds. The zero-order chi connectivity index (χ0) is 29.8. The number of carbonyl (C=O) groups is 4. The minimum Gasteiger partial charge on any atom is -0.463 e. The monoisotopic (exact) mass is 588 g/mol. The van der Waals surface area contributed by atoms with Crippen LogP contribution in [0.3, 0.4) is 0 Å². The Kier molecular flexibility index (Phi) is 9.04. The van der Waals surface area contributed by atoms with E-state index in [-0.39, 0.29) is 17.4 Å². The molecule has 41 heavy (non-hydrogen) atoms. The number of hydrogen-bond acceptors (Lipinski definition) is 11. The third-order valence-electron chi connectivity index (χ3n) is 6.10. The molecule has 0 aliphatic carbocycles. The maximum Gasteiger partial charge on any atom is 0.303 e. The van der Waals surface area contributed by atoms with Crippen LogP contribution in [0.1, 0.15) is 27.7 Å². The van der Waals surface area contributed by atoms with Gasteiger partial charge in [0.15, 0.2) is 12.2 Å². The Morgan fingerprint density at radius 1 is 0.854 bits per heavy atom. The smallest absolute Gasteiger partial charge is 0.303 e. The number of halogens is 1. The van der Waals surface area contributed by atoms with Crippen LogP contribution in [0, 0.1) is 0 Å². The van der Waals surface area contributed by atoms with Crippen molar-refractivity contribution in [3.8, 4) is 11.4 Å². The summed E-state index contributed by atoms with van der Waals surface area (Å²) >= 11 is 6.61. The van der Waals surface area contributed by atoms with Crippen molar-refractivity contribution >= 4 is 52.1 Å². The fourth-order valence-corrected chi connectivity index (χ4v) is 4.75. The number of benzene rings is 2. The Hall–Kier alpha value is -4.29. The largest absolute Gasteiger partial charge is 0.463 e. The van der Waals surface area contributed by atoms with Crippen molar-refractivity contribution in [1.82, 2.24) is 4.57 Å². The quantitative estimate of drug-likeness (QED) is 0.234. The summed E-state index contributed by atoms with van der Waals surface area (Å²) in [5, 5.41) is 1.13. The van der Waals surface area contributed by atoms with Gasteiger partial charge in [0.1, 0.15) is 18.5 Å². The lowest BCUT2D eigenvalue weighted by atomic mass is 9.98. The second-order valence-corrected chi connectivity index (χ2v) is 9.71. The van der Waals surface area contributed by atoms with Gasteiger partial charge in [-0.2, -0.15) is 0 Å². The van der Waals surface area contributed by atoms with Crippen LogP contribution in [0.25, 0.3) is 16.6 Å². The van der Waals surface area contributed by atoms with Crippen molar-refractivity contribution in [2.45, 2.75) is 58.4 Å². The molecule has 0 spiro atoms. The topological polar surface area (TPSA) is 155 Å². The van der Waals surface area contributed by atoms with Crippen molar-refractivity contribution in [3.05, 3.63) is 53.7 Å². The van der Waals surface area contributed by atoms with Crippen LogP contribution in [-0.2, 0) is 42.9 Å². The highest BCUT2D eigenvalue weighted by atomic mass is 35.5. The molecule has 1 aromatic heterocycles. The molecule has 2 heterocycles. The number of aromatic nitrogens is 1. The number of rotatable bonds is 8.